The minimum atomic E-state index is -0.833. The summed E-state index contributed by atoms with van der Waals surface area (Å²) in [5, 5.41) is 18.6. The van der Waals surface area contributed by atoms with Crippen molar-refractivity contribution in [2.75, 3.05) is 5.32 Å². The number of rotatable bonds is 16. The molecule has 0 spiro atoms. The van der Waals surface area contributed by atoms with Crippen molar-refractivity contribution in [1.82, 2.24) is 37.4 Å². The van der Waals surface area contributed by atoms with Gasteiger partial charge in [0.25, 0.3) is 12.4 Å². The molecule has 1 unspecified atom stereocenters. The Bertz CT molecular complexity index is 4700. The van der Waals surface area contributed by atoms with E-state index in [1.807, 2.05) is 147 Å². The van der Waals surface area contributed by atoms with Crippen molar-refractivity contribution in [3.63, 3.8) is 0 Å². The van der Waals surface area contributed by atoms with Crippen molar-refractivity contribution in [1.29, 1.82) is 0 Å². The fraction of sp³-hybridized carbons (Fsp3) is 0.319. The number of aryl methyl sites for hydroxylation is 6. The van der Waals surface area contributed by atoms with Crippen LogP contribution in [0.15, 0.2) is 147 Å². The molecule has 0 fully saturated rings. The Morgan fingerprint density at radius 2 is 1.04 bits per heavy atom. The van der Waals surface area contributed by atoms with E-state index in [1.54, 1.807) is 44.0 Å². The predicted octanol–water partition coefficient (Wildman–Crippen LogP) is 8.70. The van der Waals surface area contributed by atoms with Crippen LogP contribution in [-0.4, -0.2) is 84.3 Å². The molecule has 1 atom stereocenters. The van der Waals surface area contributed by atoms with E-state index in [1.165, 1.54) is 13.8 Å². The van der Waals surface area contributed by atoms with Crippen LogP contribution in [0.1, 0.15) is 116 Å². The van der Waals surface area contributed by atoms with Crippen molar-refractivity contribution in [2.45, 2.75) is 114 Å². The fourth-order valence-corrected chi connectivity index (χ4v) is 11.1. The number of carboxylic acid groups (broad SMARTS) is 1. The molecule has 4 heterocycles. The van der Waals surface area contributed by atoms with Gasteiger partial charge >= 0.3 is 86.0 Å². The SMILES string of the molecule is BrBr.CC(=O)N=C(N)N.CC(=O)Nc1nc(-c2cccc(C)c2)c(-c2ccc3c(c2)n(C)c(=O)n3CC(C)C)[nH]1.CC(=O)O.Cc1cccc(C(Br)C(=O)c2ccc3c(c2)n(C)c(=O)n3CC(C)C)c1.Cc1cccc(CC(=O)c2ccc3c(c2)n(C)c(=O)n3CC(C)C)c1.O=CO[O-].[Cs+]. The second-order valence-electron chi connectivity index (χ2n) is 24.5. The van der Waals surface area contributed by atoms with E-state index in [9.17, 15) is 33.6 Å². The molecule has 0 aliphatic carbocycles. The maximum atomic E-state index is 12.9. The minimum Gasteiger partial charge on any atom is -0.662 e. The van der Waals surface area contributed by atoms with E-state index in [4.69, 9.17) is 31.4 Å². The van der Waals surface area contributed by atoms with Gasteiger partial charge in [-0.15, -0.1) is 0 Å². The summed E-state index contributed by atoms with van der Waals surface area (Å²) in [4.78, 5) is 116. The van der Waals surface area contributed by atoms with Crippen LogP contribution >= 0.6 is 44.2 Å². The van der Waals surface area contributed by atoms with Gasteiger partial charge in [-0.05, 0) is 104 Å². The van der Waals surface area contributed by atoms with Gasteiger partial charge in [0.15, 0.2) is 17.5 Å². The number of ketones is 2. The van der Waals surface area contributed by atoms with E-state index in [-0.39, 0.29) is 122 Å². The molecule has 528 valence electrons. The minimum absolute atomic E-state index is 0. The van der Waals surface area contributed by atoms with Crippen molar-refractivity contribution in [3.05, 3.63) is 198 Å². The second kappa shape index (κ2) is 41.4. The van der Waals surface area contributed by atoms with Crippen LogP contribution in [0.25, 0.3) is 55.6 Å². The Kier molecular flexibility index (Phi) is 35.9. The standard InChI is InChI=1S/C24H27N5O2.C21H23BrN2O2.C21H24N2O2.C3H7N3O.C2H4O2.CH2O3.Br2.Cs/c1-14(2)13-29-19-10-9-18(12-20(19)28(5)24(29)31)22-21(17-8-6-7-15(3)11-17)26-23(27-22)25-16(4)30;1-13(2)12-24-17-9-8-16(11-18(17)23(4)21(24)26)20(25)19(22)15-7-5-6-14(3)10-15;1-14(2)13-23-18-9-8-17(12-19(18)22(4)21(23)25)20(24)11-16-7-5-6-15(3)10-16;1-2(7)6-3(4)5;1-2(3)4;2-1-4-3;1-2;/h6-12,14H,13H2,1-5H3,(H2,25,26,27,30);5-11,13,19H,12H2,1-4H3;5-10,12,14H,11,13H2,1-4H3;1H3,(H4,4,5,6,7);1H3,(H,3,4);1,3H;;/q;;;;;;;+1/p-1. The monoisotopic (exact) mass is 1680 g/mol. The number of halogens is 3. The number of fused-ring (bicyclic) bond motifs is 3. The molecule has 0 saturated carbocycles. The molecule has 10 aromatic rings. The molecule has 0 aliphatic heterocycles. The number of hydrogen-bond donors (Lipinski definition) is 5. The molecule has 24 nitrogen and oxygen atoms in total. The number of benzene rings is 6. The van der Waals surface area contributed by atoms with Gasteiger partial charge in [0.1, 0.15) is 4.83 Å². The van der Waals surface area contributed by atoms with Crippen molar-refractivity contribution in [2.24, 2.45) is 55.4 Å². The van der Waals surface area contributed by atoms with E-state index in [0.29, 0.717) is 60.9 Å². The molecule has 0 bridgehead atoms. The summed E-state index contributed by atoms with van der Waals surface area (Å²) >= 11 is 9.03. The first-order valence-electron chi connectivity index (χ1n) is 31.2. The zero-order valence-corrected chi connectivity index (χ0v) is 70.2. The van der Waals surface area contributed by atoms with Crippen LogP contribution in [0.5, 0.6) is 0 Å². The van der Waals surface area contributed by atoms with Gasteiger partial charge in [0.2, 0.25) is 17.8 Å². The first-order chi connectivity index (χ1) is 46.7. The Morgan fingerprint density at radius 1 is 0.620 bits per heavy atom. The molecule has 2 amide bonds. The predicted molar refractivity (Wildman–Crippen MR) is 399 cm³/mol. The van der Waals surface area contributed by atoms with Crippen LogP contribution < -0.4 is 108 Å². The Balaban J connectivity index is 0.000000349. The summed E-state index contributed by atoms with van der Waals surface area (Å²) < 4.78 is 10.3. The zero-order valence-electron chi connectivity index (χ0n) is 59.1. The quantitative estimate of drug-likeness (QED) is 0.0115. The summed E-state index contributed by atoms with van der Waals surface area (Å²) in [6.45, 7) is 24.2. The molecular formula is C72H86Br3CsN12O12. The number of nitrogens with zero attached hydrogens (tertiary/aromatic N) is 8. The molecule has 0 radical (unpaired) electrons. The van der Waals surface area contributed by atoms with Gasteiger partial charge in [-0.1, -0.05) is 147 Å². The van der Waals surface area contributed by atoms with Gasteiger partial charge in [-0.3, -0.25) is 61.5 Å². The number of carboxylic acids is 1. The van der Waals surface area contributed by atoms with E-state index in [0.717, 1.165) is 90.4 Å². The third-order valence-electron chi connectivity index (χ3n) is 14.6. The third kappa shape index (κ3) is 24.9. The molecule has 0 aliphatic rings. The Morgan fingerprint density at radius 3 is 1.45 bits per heavy atom. The van der Waals surface area contributed by atoms with Crippen LogP contribution in [0.2, 0.25) is 0 Å². The molecule has 4 aromatic heterocycles. The van der Waals surface area contributed by atoms with E-state index >= 15 is 0 Å². The number of carbonyl (C=O) groups is 6. The number of imidazole rings is 4. The van der Waals surface area contributed by atoms with E-state index in [2.05, 4.69) is 117 Å². The molecule has 6 aromatic carbocycles. The van der Waals surface area contributed by atoms with Gasteiger partial charge < -0.3 is 31.7 Å². The maximum Gasteiger partial charge on any atom is 1.00 e. The van der Waals surface area contributed by atoms with Crippen molar-refractivity contribution >= 4 is 125 Å². The normalized spacial score (nSPS) is 10.7. The topological polar surface area (TPSA) is 341 Å². The van der Waals surface area contributed by atoms with Crippen LogP contribution in [0.3, 0.4) is 0 Å². The first kappa shape index (κ1) is 86.7. The van der Waals surface area contributed by atoms with Gasteiger partial charge in [-0.2, -0.15) is 4.99 Å². The number of Topliss-reactive ketones (excluding diaryl/α,β-unsaturated/α-hetero) is 2. The number of aromatic amines is 1. The molecule has 0 saturated heterocycles. The number of carbonyl (C=O) groups excluding carboxylic acids is 5. The number of alkyl halides is 1. The fourth-order valence-electron chi connectivity index (χ4n) is 10.6. The average molecular weight is 1680 g/mol. The van der Waals surface area contributed by atoms with Crippen LogP contribution in [0, 0.1) is 38.5 Å². The smallest absolute Gasteiger partial charge is 0.662 e. The Hall–Kier alpha value is -7.52. The number of guanidine groups is 1. The van der Waals surface area contributed by atoms with Crippen LogP contribution in [-0.2, 0) is 71.3 Å². The van der Waals surface area contributed by atoms with Gasteiger partial charge in [-0.25, -0.2) is 19.4 Å². The number of anilines is 1. The molecule has 28 heteroatoms. The number of aliphatic carboxylic acids is 1. The number of aromatic nitrogens is 8. The number of aliphatic imine (C=N–C) groups is 1. The molecule has 7 N–H and O–H groups in total. The number of nitrogens with two attached hydrogens (primary N) is 2. The summed E-state index contributed by atoms with van der Waals surface area (Å²) in [7, 11) is 5.31. The third-order valence-corrected chi connectivity index (χ3v) is 15.5. The number of nitrogens with one attached hydrogen (secondary N) is 2. The number of amides is 2. The summed E-state index contributed by atoms with van der Waals surface area (Å²) in [5.74, 6) is -0.0295. The van der Waals surface area contributed by atoms with Crippen molar-refractivity contribution in [3.8, 4) is 22.5 Å². The van der Waals surface area contributed by atoms with Gasteiger partial charge in [0.05, 0.1) is 44.5 Å². The van der Waals surface area contributed by atoms with Crippen LogP contribution in [0.4, 0.5) is 5.95 Å². The summed E-state index contributed by atoms with van der Waals surface area (Å²) in [5.41, 5.74) is 24.5. The maximum absolute atomic E-state index is 12.9. The number of H-pyrrole nitrogens is 1. The molecule has 100 heavy (non-hydrogen) atoms. The average Bonchev–Trinajstić information content (AvgIpc) is 1.63. The van der Waals surface area contributed by atoms with Gasteiger partial charge in [0, 0.05) is 118 Å². The first-order valence-corrected chi connectivity index (χ1v) is 35.8. The summed E-state index contributed by atoms with van der Waals surface area (Å²) in [6, 6.07) is 41.0. The van der Waals surface area contributed by atoms with Crippen molar-refractivity contribution < 1.29 is 113 Å². The molecular weight excluding hydrogens is 1600 g/mol. The van der Waals surface area contributed by atoms with E-state index < -0.39 is 10.8 Å². The number of hydrogen-bond acceptors (Lipinski definition) is 12. The largest absolute Gasteiger partial charge is 1.00 e. The Labute approximate surface area is 662 Å². The zero-order chi connectivity index (χ0) is 74.3. The summed E-state index contributed by atoms with van der Waals surface area (Å²) in [6.07, 6.45) is 0.369. The molecule has 10 rings (SSSR count). The second-order valence-corrected chi connectivity index (χ2v) is 25.4.